The monoisotopic (exact) mass is 217 g/mol. The van der Waals surface area contributed by atoms with Crippen molar-refractivity contribution in [2.75, 3.05) is 6.54 Å². The van der Waals surface area contributed by atoms with Crippen LogP contribution in [0.4, 0.5) is 8.78 Å². The summed E-state index contributed by atoms with van der Waals surface area (Å²) in [5, 5.41) is 2.73. The van der Waals surface area contributed by atoms with Crippen molar-refractivity contribution in [2.45, 2.75) is 18.9 Å². The van der Waals surface area contributed by atoms with Gasteiger partial charge in [-0.25, -0.2) is 8.78 Å². The third kappa shape index (κ3) is 1.62. The molecule has 1 aromatic rings. The van der Waals surface area contributed by atoms with Gasteiger partial charge in [-0.2, -0.15) is 0 Å². The van der Waals surface area contributed by atoms with Crippen molar-refractivity contribution in [3.8, 4) is 0 Å². The lowest BCUT2D eigenvalue weighted by Crippen LogP contribution is -2.14. The summed E-state index contributed by atoms with van der Waals surface area (Å²) in [7, 11) is 0. The van der Waals surface area contributed by atoms with E-state index in [4.69, 9.17) is 11.6 Å². The minimum absolute atomic E-state index is 0.0203. The van der Waals surface area contributed by atoms with Crippen molar-refractivity contribution in [2.24, 2.45) is 0 Å². The summed E-state index contributed by atoms with van der Waals surface area (Å²) >= 11 is 5.48. The molecule has 0 radical (unpaired) electrons. The normalized spacial score (nSPS) is 21.5. The second kappa shape index (κ2) is 3.83. The van der Waals surface area contributed by atoms with E-state index in [1.165, 1.54) is 12.1 Å². The lowest BCUT2D eigenvalue weighted by Gasteiger charge is -2.12. The van der Waals surface area contributed by atoms with Gasteiger partial charge < -0.3 is 5.32 Å². The van der Waals surface area contributed by atoms with Crippen molar-refractivity contribution in [3.63, 3.8) is 0 Å². The molecule has 1 N–H and O–H groups in total. The van der Waals surface area contributed by atoms with E-state index in [1.54, 1.807) is 0 Å². The van der Waals surface area contributed by atoms with E-state index < -0.39 is 16.7 Å². The van der Waals surface area contributed by atoms with E-state index in [-0.39, 0.29) is 6.04 Å². The summed E-state index contributed by atoms with van der Waals surface area (Å²) in [5.74, 6) is -1.34. The minimum atomic E-state index is -0.703. The van der Waals surface area contributed by atoms with Gasteiger partial charge in [-0.15, -0.1) is 0 Å². The van der Waals surface area contributed by atoms with Crippen LogP contribution in [0.3, 0.4) is 0 Å². The predicted molar refractivity (Wildman–Crippen MR) is 51.3 cm³/mol. The van der Waals surface area contributed by atoms with Gasteiger partial charge >= 0.3 is 0 Å². The van der Waals surface area contributed by atoms with E-state index in [0.717, 1.165) is 19.4 Å². The van der Waals surface area contributed by atoms with E-state index in [2.05, 4.69) is 5.32 Å². The first-order valence-corrected chi connectivity index (χ1v) is 4.94. The molecular formula is C10H10ClF2N. The van der Waals surface area contributed by atoms with Gasteiger partial charge in [0.05, 0.1) is 0 Å². The first-order valence-electron chi connectivity index (χ1n) is 4.57. The third-order valence-electron chi connectivity index (χ3n) is 2.50. The summed E-state index contributed by atoms with van der Waals surface area (Å²) in [6.07, 6.45) is 1.89. The van der Waals surface area contributed by atoms with E-state index in [1.807, 2.05) is 0 Å². The van der Waals surface area contributed by atoms with Crippen LogP contribution in [0.1, 0.15) is 24.4 Å². The highest BCUT2D eigenvalue weighted by Gasteiger charge is 2.22. The Morgan fingerprint density at radius 1 is 1.36 bits per heavy atom. The number of halogens is 3. The van der Waals surface area contributed by atoms with Crippen molar-refractivity contribution in [3.05, 3.63) is 34.4 Å². The second-order valence-corrected chi connectivity index (χ2v) is 3.79. The number of nitrogens with one attached hydrogen (secondary N) is 1. The standard InChI is InChI=1S/C10H10ClF2N/c11-9-7(12)4-3-6(10(9)13)8-2-1-5-14-8/h3-4,8,14H,1-2,5H2/t8-/m0/s1. The quantitative estimate of drug-likeness (QED) is 0.713. The van der Waals surface area contributed by atoms with Crippen molar-refractivity contribution in [1.29, 1.82) is 0 Å². The lowest BCUT2D eigenvalue weighted by molar-refractivity contribution is 0.540. The van der Waals surface area contributed by atoms with Crippen LogP contribution in [0.25, 0.3) is 0 Å². The van der Waals surface area contributed by atoms with Gasteiger partial charge in [-0.3, -0.25) is 0 Å². The molecule has 0 aliphatic carbocycles. The zero-order chi connectivity index (χ0) is 10.1. The summed E-state index contributed by atoms with van der Waals surface area (Å²) in [6, 6.07) is 2.65. The van der Waals surface area contributed by atoms with Crippen LogP contribution >= 0.6 is 11.6 Å². The molecule has 2 rings (SSSR count). The largest absolute Gasteiger partial charge is 0.310 e. The predicted octanol–water partition coefficient (Wildman–Crippen LogP) is 3.04. The molecule has 76 valence electrons. The molecule has 0 spiro atoms. The molecule has 0 aromatic heterocycles. The molecule has 4 heteroatoms. The maximum atomic E-state index is 13.5. The Kier molecular flexibility index (Phi) is 2.70. The van der Waals surface area contributed by atoms with Crippen LogP contribution in [0.5, 0.6) is 0 Å². The topological polar surface area (TPSA) is 12.0 Å². The molecule has 0 saturated carbocycles. The van der Waals surface area contributed by atoms with Gasteiger partial charge in [-0.05, 0) is 25.5 Å². The average Bonchev–Trinajstić information content (AvgIpc) is 2.67. The van der Waals surface area contributed by atoms with Crippen LogP contribution < -0.4 is 5.32 Å². The second-order valence-electron chi connectivity index (χ2n) is 3.41. The molecule has 1 atom stereocenters. The summed E-state index contributed by atoms with van der Waals surface area (Å²) in [5.41, 5.74) is 0.467. The fourth-order valence-corrected chi connectivity index (χ4v) is 1.93. The maximum absolute atomic E-state index is 13.5. The van der Waals surface area contributed by atoms with Gasteiger partial charge in [0.25, 0.3) is 0 Å². The lowest BCUT2D eigenvalue weighted by atomic mass is 10.0. The highest BCUT2D eigenvalue weighted by atomic mass is 35.5. The number of benzene rings is 1. The Morgan fingerprint density at radius 3 is 2.79 bits per heavy atom. The Labute approximate surface area is 86.1 Å². The van der Waals surface area contributed by atoms with Crippen LogP contribution in [-0.2, 0) is 0 Å². The summed E-state index contributed by atoms with van der Waals surface area (Å²) in [4.78, 5) is 0. The number of hydrogen-bond acceptors (Lipinski definition) is 1. The first kappa shape index (κ1) is 9.87. The Morgan fingerprint density at radius 2 is 2.14 bits per heavy atom. The van der Waals surface area contributed by atoms with Crippen molar-refractivity contribution < 1.29 is 8.78 Å². The molecule has 0 bridgehead atoms. The zero-order valence-electron chi connectivity index (χ0n) is 7.49. The highest BCUT2D eigenvalue weighted by molar-refractivity contribution is 6.30. The third-order valence-corrected chi connectivity index (χ3v) is 2.85. The fourth-order valence-electron chi connectivity index (χ4n) is 1.76. The fraction of sp³-hybridized carbons (Fsp3) is 0.400. The molecule has 1 nitrogen and oxygen atoms in total. The molecule has 1 heterocycles. The molecule has 1 aliphatic heterocycles. The Balaban J connectivity index is 2.38. The average molecular weight is 218 g/mol. The van der Waals surface area contributed by atoms with Crippen molar-refractivity contribution >= 4 is 11.6 Å². The molecule has 1 aromatic carbocycles. The minimum Gasteiger partial charge on any atom is -0.310 e. The zero-order valence-corrected chi connectivity index (χ0v) is 8.24. The molecule has 0 unspecified atom stereocenters. The molecule has 1 fully saturated rings. The Hall–Kier alpha value is -0.670. The maximum Gasteiger partial charge on any atom is 0.149 e. The highest BCUT2D eigenvalue weighted by Crippen LogP contribution is 2.30. The molecule has 1 aliphatic rings. The van der Waals surface area contributed by atoms with Crippen LogP contribution in [0.2, 0.25) is 5.02 Å². The Bertz CT molecular complexity index is 348. The van der Waals surface area contributed by atoms with Gasteiger partial charge in [0.2, 0.25) is 0 Å². The number of hydrogen-bond donors (Lipinski definition) is 1. The van der Waals surface area contributed by atoms with Crippen LogP contribution in [0.15, 0.2) is 12.1 Å². The molecule has 1 saturated heterocycles. The first-order chi connectivity index (χ1) is 6.70. The van der Waals surface area contributed by atoms with E-state index >= 15 is 0 Å². The van der Waals surface area contributed by atoms with Crippen LogP contribution in [0, 0.1) is 11.6 Å². The smallest absolute Gasteiger partial charge is 0.149 e. The van der Waals surface area contributed by atoms with Crippen LogP contribution in [-0.4, -0.2) is 6.54 Å². The van der Waals surface area contributed by atoms with E-state index in [0.29, 0.717) is 5.56 Å². The van der Waals surface area contributed by atoms with Gasteiger partial charge in [0.1, 0.15) is 16.7 Å². The SMILES string of the molecule is Fc1ccc([C@@H]2CCCN2)c(F)c1Cl. The van der Waals surface area contributed by atoms with Gasteiger partial charge in [0.15, 0.2) is 0 Å². The van der Waals surface area contributed by atoms with E-state index in [9.17, 15) is 8.78 Å². The molecular weight excluding hydrogens is 208 g/mol. The van der Waals surface area contributed by atoms with Gasteiger partial charge in [-0.1, -0.05) is 17.7 Å². The molecule has 0 amide bonds. The number of rotatable bonds is 1. The summed E-state index contributed by atoms with van der Waals surface area (Å²) < 4.78 is 26.4. The molecule has 14 heavy (non-hydrogen) atoms. The summed E-state index contributed by atoms with van der Waals surface area (Å²) in [6.45, 7) is 0.874. The van der Waals surface area contributed by atoms with Crippen molar-refractivity contribution in [1.82, 2.24) is 5.32 Å². The van der Waals surface area contributed by atoms with Gasteiger partial charge in [0, 0.05) is 11.6 Å².